The van der Waals surface area contributed by atoms with Gasteiger partial charge in [0.15, 0.2) is 0 Å². The summed E-state index contributed by atoms with van der Waals surface area (Å²) >= 11 is 12.0. The van der Waals surface area contributed by atoms with E-state index in [1.807, 2.05) is 24.3 Å². The molecule has 3 aromatic carbocycles. The van der Waals surface area contributed by atoms with Crippen LogP contribution in [-0.4, -0.2) is 51.9 Å². The number of nitrogens with one attached hydrogen (secondary N) is 1. The topological polar surface area (TPSA) is 79.0 Å². The van der Waals surface area contributed by atoms with Gasteiger partial charge >= 0.3 is 0 Å². The van der Waals surface area contributed by atoms with Gasteiger partial charge in [-0.05, 0) is 54.6 Å². The number of halogens is 2. The number of methoxy groups -OCH3 is 1. The summed E-state index contributed by atoms with van der Waals surface area (Å²) in [5.41, 5.74) is 1.68. The Balaban J connectivity index is 1.42. The summed E-state index contributed by atoms with van der Waals surface area (Å²) in [7, 11) is -2.04. The Hall–Kier alpha value is -2.78. The highest BCUT2D eigenvalue weighted by Crippen LogP contribution is 2.29. The van der Waals surface area contributed by atoms with Crippen molar-refractivity contribution in [2.75, 3.05) is 43.5 Å². The lowest BCUT2D eigenvalue weighted by molar-refractivity contribution is 0.102. The number of sulfonamides is 1. The molecule has 1 aliphatic rings. The molecule has 4 rings (SSSR count). The molecule has 1 amide bonds. The van der Waals surface area contributed by atoms with Gasteiger partial charge in [0.2, 0.25) is 10.0 Å². The van der Waals surface area contributed by atoms with Crippen LogP contribution < -0.4 is 15.0 Å². The number of carbonyl (C=O) groups is 1. The van der Waals surface area contributed by atoms with Crippen LogP contribution in [0.15, 0.2) is 71.6 Å². The number of benzene rings is 3. The van der Waals surface area contributed by atoms with E-state index in [4.69, 9.17) is 27.9 Å². The first-order valence-corrected chi connectivity index (χ1v) is 12.7. The van der Waals surface area contributed by atoms with Crippen molar-refractivity contribution in [2.45, 2.75) is 4.90 Å². The summed E-state index contributed by atoms with van der Waals surface area (Å²) in [4.78, 5) is 14.8. The van der Waals surface area contributed by atoms with Crippen LogP contribution >= 0.6 is 23.2 Å². The molecule has 10 heteroatoms. The Kier molecular flexibility index (Phi) is 7.33. The van der Waals surface area contributed by atoms with E-state index in [1.165, 1.54) is 28.6 Å². The molecular weight excluding hydrogens is 497 g/mol. The predicted molar refractivity (Wildman–Crippen MR) is 135 cm³/mol. The highest BCUT2D eigenvalue weighted by Gasteiger charge is 2.29. The van der Waals surface area contributed by atoms with Crippen molar-refractivity contribution in [2.24, 2.45) is 0 Å². The highest BCUT2D eigenvalue weighted by molar-refractivity contribution is 7.89. The van der Waals surface area contributed by atoms with Gasteiger partial charge in [-0.1, -0.05) is 35.3 Å². The molecule has 1 saturated heterocycles. The number of hydrogen-bond acceptors (Lipinski definition) is 5. The minimum Gasteiger partial charge on any atom is -0.495 e. The molecule has 1 heterocycles. The lowest BCUT2D eigenvalue weighted by Crippen LogP contribution is -2.48. The highest BCUT2D eigenvalue weighted by atomic mass is 35.5. The van der Waals surface area contributed by atoms with Crippen LogP contribution in [0.4, 0.5) is 11.4 Å². The number of para-hydroxylation sites is 2. The largest absolute Gasteiger partial charge is 0.495 e. The summed E-state index contributed by atoms with van der Waals surface area (Å²) in [5.74, 6) is 0.348. The third-order valence-electron chi connectivity index (χ3n) is 5.59. The maximum Gasteiger partial charge on any atom is 0.257 e. The summed E-state index contributed by atoms with van der Waals surface area (Å²) in [5, 5.41) is 3.38. The van der Waals surface area contributed by atoms with Crippen molar-refractivity contribution in [1.82, 2.24) is 4.31 Å². The van der Waals surface area contributed by atoms with Gasteiger partial charge in [-0.25, -0.2) is 8.42 Å². The van der Waals surface area contributed by atoms with Gasteiger partial charge in [-0.15, -0.1) is 0 Å². The number of hydrogen-bond donors (Lipinski definition) is 1. The van der Waals surface area contributed by atoms with E-state index in [-0.39, 0.29) is 15.5 Å². The van der Waals surface area contributed by atoms with Crippen LogP contribution in [0.5, 0.6) is 5.75 Å². The normalized spacial score (nSPS) is 14.6. The average molecular weight is 520 g/mol. The van der Waals surface area contributed by atoms with Gasteiger partial charge < -0.3 is 15.0 Å². The maximum absolute atomic E-state index is 13.2. The lowest BCUT2D eigenvalue weighted by atomic mass is 10.2. The van der Waals surface area contributed by atoms with Gasteiger partial charge in [-0.2, -0.15) is 4.31 Å². The number of amides is 1. The van der Waals surface area contributed by atoms with Gasteiger partial charge in [0, 0.05) is 36.9 Å². The van der Waals surface area contributed by atoms with Crippen LogP contribution in [0.3, 0.4) is 0 Å². The Bertz CT molecular complexity index is 1290. The van der Waals surface area contributed by atoms with Crippen molar-refractivity contribution in [3.8, 4) is 5.75 Å². The second kappa shape index (κ2) is 10.2. The number of piperazine rings is 1. The van der Waals surface area contributed by atoms with E-state index >= 15 is 0 Å². The van der Waals surface area contributed by atoms with Crippen molar-refractivity contribution in [3.05, 3.63) is 82.3 Å². The molecule has 1 aliphatic heterocycles. The minimum atomic E-state index is -3.67. The maximum atomic E-state index is 13.2. The number of nitrogens with zero attached hydrogens (tertiary/aromatic N) is 2. The van der Waals surface area contributed by atoms with Crippen LogP contribution in [0.2, 0.25) is 10.0 Å². The average Bonchev–Trinajstić information content (AvgIpc) is 2.84. The third-order valence-corrected chi connectivity index (χ3v) is 8.05. The molecule has 178 valence electrons. The molecule has 0 aliphatic carbocycles. The first-order chi connectivity index (χ1) is 16.3. The molecule has 7 nitrogen and oxygen atoms in total. The first kappa shape index (κ1) is 24.3. The molecule has 1 fully saturated rings. The van der Waals surface area contributed by atoms with Gasteiger partial charge in [0.1, 0.15) is 5.75 Å². The molecule has 34 heavy (non-hydrogen) atoms. The Morgan fingerprint density at radius 2 is 1.62 bits per heavy atom. The fourth-order valence-electron chi connectivity index (χ4n) is 3.79. The van der Waals surface area contributed by atoms with Gasteiger partial charge in [0.25, 0.3) is 5.91 Å². The Morgan fingerprint density at radius 3 is 2.26 bits per heavy atom. The summed E-state index contributed by atoms with van der Waals surface area (Å²) < 4.78 is 33.2. The number of anilines is 2. The van der Waals surface area contributed by atoms with Crippen molar-refractivity contribution >= 4 is 50.5 Å². The van der Waals surface area contributed by atoms with Crippen LogP contribution in [-0.2, 0) is 10.0 Å². The number of carbonyl (C=O) groups excluding carboxylic acids is 1. The molecule has 3 aromatic rings. The molecule has 0 spiro atoms. The number of rotatable bonds is 6. The standard InChI is InChI=1S/C24H23Cl2N3O4S/c1-33-23-5-3-2-4-22(23)28-12-14-29(15-13-28)34(31,32)19-9-7-18(8-10-19)27-24(30)20-11-6-17(25)16-21(20)26/h2-11,16H,12-15H2,1H3,(H,27,30). The van der Waals surface area contributed by atoms with E-state index in [0.717, 1.165) is 11.4 Å². The zero-order valence-corrected chi connectivity index (χ0v) is 20.7. The van der Waals surface area contributed by atoms with Crippen molar-refractivity contribution in [1.29, 1.82) is 0 Å². The predicted octanol–water partition coefficient (Wildman–Crippen LogP) is 4.77. The molecule has 0 aromatic heterocycles. The van der Waals surface area contributed by atoms with Crippen LogP contribution in [0, 0.1) is 0 Å². The fourth-order valence-corrected chi connectivity index (χ4v) is 5.71. The minimum absolute atomic E-state index is 0.167. The van der Waals surface area contributed by atoms with E-state index in [0.29, 0.717) is 36.9 Å². The fraction of sp³-hybridized carbons (Fsp3) is 0.208. The quantitative estimate of drug-likeness (QED) is 0.507. The SMILES string of the molecule is COc1ccccc1N1CCN(S(=O)(=O)c2ccc(NC(=O)c3ccc(Cl)cc3Cl)cc2)CC1. The Labute approximate surface area is 208 Å². The van der Waals surface area contributed by atoms with Gasteiger partial charge in [0.05, 0.1) is 28.3 Å². The second-order valence-corrected chi connectivity index (χ2v) is 10.4. The molecule has 1 N–H and O–H groups in total. The molecule has 0 unspecified atom stereocenters. The van der Waals surface area contributed by atoms with Crippen LogP contribution in [0.25, 0.3) is 0 Å². The Morgan fingerprint density at radius 1 is 0.941 bits per heavy atom. The molecule has 0 saturated carbocycles. The second-order valence-electron chi connectivity index (χ2n) is 7.67. The molecule has 0 bridgehead atoms. The van der Waals surface area contributed by atoms with Crippen LogP contribution in [0.1, 0.15) is 10.4 Å². The lowest BCUT2D eigenvalue weighted by Gasteiger charge is -2.35. The smallest absolute Gasteiger partial charge is 0.257 e. The van der Waals surface area contributed by atoms with E-state index in [9.17, 15) is 13.2 Å². The summed E-state index contributed by atoms with van der Waals surface area (Å²) in [6.45, 7) is 1.81. The number of ether oxygens (including phenoxy) is 1. The zero-order valence-electron chi connectivity index (χ0n) is 18.4. The summed E-state index contributed by atoms with van der Waals surface area (Å²) in [6.07, 6.45) is 0. The van der Waals surface area contributed by atoms with E-state index in [2.05, 4.69) is 10.2 Å². The van der Waals surface area contributed by atoms with E-state index < -0.39 is 15.9 Å². The summed E-state index contributed by atoms with van der Waals surface area (Å²) in [6, 6.07) is 18.4. The van der Waals surface area contributed by atoms with Gasteiger partial charge in [-0.3, -0.25) is 4.79 Å². The first-order valence-electron chi connectivity index (χ1n) is 10.5. The van der Waals surface area contributed by atoms with E-state index in [1.54, 1.807) is 25.3 Å². The van der Waals surface area contributed by atoms with Crippen molar-refractivity contribution < 1.29 is 17.9 Å². The monoisotopic (exact) mass is 519 g/mol. The molecule has 0 atom stereocenters. The zero-order chi connectivity index (χ0) is 24.3. The molecule has 0 radical (unpaired) electrons. The van der Waals surface area contributed by atoms with Crippen molar-refractivity contribution in [3.63, 3.8) is 0 Å². The third kappa shape index (κ3) is 5.15. The molecular formula is C24H23Cl2N3O4S.